The van der Waals surface area contributed by atoms with Crippen molar-refractivity contribution in [1.82, 2.24) is 0 Å². The molecule has 2 aliphatic heterocycles. The second-order valence-electron chi connectivity index (χ2n) is 6.41. The summed E-state index contributed by atoms with van der Waals surface area (Å²) in [4.78, 5) is 24.1. The molecule has 0 aliphatic carbocycles. The predicted octanol–water partition coefficient (Wildman–Crippen LogP) is 3.73. The number of benzene rings is 2. The number of halogens is 1. The second-order valence-corrected chi connectivity index (χ2v) is 6.85. The standard InChI is InChI=1S/C20H16ClNO5/c21-11-1-5-13(6-2-11)26-14-7-3-12(4-8-14)22-19(23)17-15-9-10-16(27-15)18(17)20(24)25/h1-10,15-18H,(H,22,23)(H,24,25)/t15-,16+,17-,18+/m1/s1. The number of hydrogen-bond donors (Lipinski definition) is 2. The van der Waals surface area contributed by atoms with E-state index in [-0.39, 0.29) is 5.91 Å². The number of carbonyl (C=O) groups is 2. The minimum absolute atomic E-state index is 0.370. The first-order valence-corrected chi connectivity index (χ1v) is 8.80. The molecule has 1 amide bonds. The maximum absolute atomic E-state index is 12.6. The number of amides is 1. The number of carbonyl (C=O) groups excluding carboxylic acids is 1. The largest absolute Gasteiger partial charge is 0.481 e. The molecule has 6 nitrogen and oxygen atoms in total. The van der Waals surface area contributed by atoms with Crippen LogP contribution in [0.4, 0.5) is 5.69 Å². The minimum atomic E-state index is -1.03. The van der Waals surface area contributed by atoms with Crippen molar-refractivity contribution in [3.8, 4) is 11.5 Å². The minimum Gasteiger partial charge on any atom is -0.481 e. The van der Waals surface area contributed by atoms with E-state index in [0.717, 1.165) is 0 Å². The highest BCUT2D eigenvalue weighted by Gasteiger charge is 2.53. The molecule has 0 radical (unpaired) electrons. The maximum atomic E-state index is 12.6. The highest BCUT2D eigenvalue weighted by molar-refractivity contribution is 6.30. The van der Waals surface area contributed by atoms with Gasteiger partial charge in [-0.15, -0.1) is 0 Å². The first kappa shape index (κ1) is 17.6. The average Bonchev–Trinajstić information content (AvgIpc) is 3.26. The summed E-state index contributed by atoms with van der Waals surface area (Å²) in [5.41, 5.74) is 0.555. The number of hydrogen-bond acceptors (Lipinski definition) is 4. The van der Waals surface area contributed by atoms with Crippen LogP contribution in [0.1, 0.15) is 0 Å². The molecule has 1 saturated heterocycles. The first-order valence-electron chi connectivity index (χ1n) is 8.42. The molecule has 4 atom stereocenters. The molecule has 0 aromatic heterocycles. The molecule has 27 heavy (non-hydrogen) atoms. The van der Waals surface area contributed by atoms with E-state index in [4.69, 9.17) is 21.1 Å². The quantitative estimate of drug-likeness (QED) is 0.766. The van der Waals surface area contributed by atoms with Gasteiger partial charge in [-0.1, -0.05) is 23.8 Å². The molecular formula is C20H16ClNO5. The van der Waals surface area contributed by atoms with Crippen LogP contribution < -0.4 is 10.1 Å². The van der Waals surface area contributed by atoms with E-state index in [2.05, 4.69) is 5.32 Å². The van der Waals surface area contributed by atoms with Gasteiger partial charge >= 0.3 is 5.97 Å². The zero-order valence-corrected chi connectivity index (χ0v) is 14.8. The van der Waals surface area contributed by atoms with Gasteiger partial charge in [0, 0.05) is 10.7 Å². The van der Waals surface area contributed by atoms with E-state index in [1.807, 2.05) is 0 Å². The Labute approximate surface area is 160 Å². The van der Waals surface area contributed by atoms with Crippen molar-refractivity contribution in [3.63, 3.8) is 0 Å². The van der Waals surface area contributed by atoms with E-state index in [9.17, 15) is 14.7 Å². The molecule has 2 aromatic carbocycles. The van der Waals surface area contributed by atoms with Gasteiger partial charge in [0.25, 0.3) is 0 Å². The van der Waals surface area contributed by atoms with Crippen molar-refractivity contribution < 1.29 is 24.2 Å². The van der Waals surface area contributed by atoms with Crippen LogP contribution in [0, 0.1) is 11.8 Å². The average molecular weight is 386 g/mol. The van der Waals surface area contributed by atoms with Crippen LogP contribution in [-0.4, -0.2) is 29.2 Å². The van der Waals surface area contributed by atoms with E-state index in [1.165, 1.54) is 0 Å². The van der Waals surface area contributed by atoms with Crippen LogP contribution in [0.25, 0.3) is 0 Å². The number of carboxylic acids is 1. The van der Waals surface area contributed by atoms with Crippen LogP contribution in [0.5, 0.6) is 11.5 Å². The molecule has 7 heteroatoms. The summed E-state index contributed by atoms with van der Waals surface area (Å²) in [6, 6.07) is 13.8. The smallest absolute Gasteiger partial charge is 0.310 e. The molecule has 138 valence electrons. The lowest BCUT2D eigenvalue weighted by Crippen LogP contribution is -2.39. The van der Waals surface area contributed by atoms with Gasteiger partial charge in [0.05, 0.1) is 18.1 Å². The predicted molar refractivity (Wildman–Crippen MR) is 99.0 cm³/mol. The highest BCUT2D eigenvalue weighted by atomic mass is 35.5. The molecule has 0 saturated carbocycles. The van der Waals surface area contributed by atoms with Crippen LogP contribution >= 0.6 is 11.6 Å². The Bertz CT molecular complexity index is 894. The van der Waals surface area contributed by atoms with Gasteiger partial charge in [-0.2, -0.15) is 0 Å². The Morgan fingerprint density at radius 2 is 1.48 bits per heavy atom. The normalized spacial score (nSPS) is 25.4. The Morgan fingerprint density at radius 1 is 0.926 bits per heavy atom. The third-order valence-corrected chi connectivity index (χ3v) is 4.91. The third-order valence-electron chi connectivity index (χ3n) is 4.66. The zero-order valence-electron chi connectivity index (χ0n) is 14.0. The number of fused-ring (bicyclic) bond motifs is 2. The third kappa shape index (κ3) is 3.54. The molecule has 4 rings (SSSR count). The van der Waals surface area contributed by atoms with Crippen molar-refractivity contribution in [2.45, 2.75) is 12.2 Å². The fourth-order valence-electron chi connectivity index (χ4n) is 3.39. The number of ether oxygens (including phenoxy) is 2. The molecule has 0 unspecified atom stereocenters. The molecule has 2 aliphatic rings. The summed E-state index contributed by atoms with van der Waals surface area (Å²) in [6.45, 7) is 0. The maximum Gasteiger partial charge on any atom is 0.310 e. The summed E-state index contributed by atoms with van der Waals surface area (Å²) >= 11 is 5.85. The summed E-state index contributed by atoms with van der Waals surface area (Å²) in [6.07, 6.45) is 2.41. The van der Waals surface area contributed by atoms with Gasteiger partial charge in [0.1, 0.15) is 17.4 Å². The van der Waals surface area contributed by atoms with Gasteiger partial charge in [0.15, 0.2) is 0 Å². The van der Waals surface area contributed by atoms with Gasteiger partial charge in [0.2, 0.25) is 5.91 Å². The molecule has 2 bridgehead atoms. The van der Waals surface area contributed by atoms with Crippen molar-refractivity contribution in [1.29, 1.82) is 0 Å². The number of aliphatic carboxylic acids is 1. The highest BCUT2D eigenvalue weighted by Crippen LogP contribution is 2.40. The lowest BCUT2D eigenvalue weighted by Gasteiger charge is -2.21. The van der Waals surface area contributed by atoms with E-state index in [1.54, 1.807) is 60.7 Å². The Kier molecular flexibility index (Phi) is 4.59. The summed E-state index contributed by atoms with van der Waals surface area (Å²) in [5, 5.41) is 12.8. The Morgan fingerprint density at radius 3 is 2.07 bits per heavy atom. The van der Waals surface area contributed by atoms with Crippen molar-refractivity contribution in [3.05, 3.63) is 65.7 Å². The van der Waals surface area contributed by atoms with Crippen LogP contribution in [0.3, 0.4) is 0 Å². The van der Waals surface area contributed by atoms with E-state index < -0.39 is 30.0 Å². The SMILES string of the molecule is O=C(O)[C@@H]1[C@H](C(=O)Nc2ccc(Oc3ccc(Cl)cc3)cc2)[C@H]2C=C[C@@H]1O2. The molecule has 2 heterocycles. The summed E-state index contributed by atoms with van der Waals surface area (Å²) in [7, 11) is 0. The van der Waals surface area contributed by atoms with Gasteiger partial charge < -0.3 is 19.9 Å². The number of carboxylic acid groups (broad SMARTS) is 1. The van der Waals surface area contributed by atoms with Crippen LogP contribution in [0.2, 0.25) is 5.02 Å². The first-order chi connectivity index (χ1) is 13.0. The molecule has 2 N–H and O–H groups in total. The lowest BCUT2D eigenvalue weighted by atomic mass is 9.82. The van der Waals surface area contributed by atoms with E-state index >= 15 is 0 Å². The molecule has 2 aromatic rings. The summed E-state index contributed by atoms with van der Waals surface area (Å²) in [5.74, 6) is -1.77. The van der Waals surface area contributed by atoms with Gasteiger partial charge in [-0.05, 0) is 48.5 Å². The number of rotatable bonds is 5. The van der Waals surface area contributed by atoms with Gasteiger partial charge in [-0.3, -0.25) is 9.59 Å². The Balaban J connectivity index is 1.42. The summed E-state index contributed by atoms with van der Waals surface area (Å²) < 4.78 is 11.2. The number of nitrogens with one attached hydrogen (secondary N) is 1. The van der Waals surface area contributed by atoms with Crippen molar-refractivity contribution in [2.24, 2.45) is 11.8 Å². The fourth-order valence-corrected chi connectivity index (χ4v) is 3.51. The zero-order chi connectivity index (χ0) is 19.0. The van der Waals surface area contributed by atoms with E-state index in [0.29, 0.717) is 22.2 Å². The van der Waals surface area contributed by atoms with Crippen molar-refractivity contribution >= 4 is 29.2 Å². The van der Waals surface area contributed by atoms with Crippen LogP contribution in [0.15, 0.2) is 60.7 Å². The Hall–Kier alpha value is -2.83. The monoisotopic (exact) mass is 385 g/mol. The second kappa shape index (κ2) is 7.06. The number of anilines is 1. The fraction of sp³-hybridized carbons (Fsp3) is 0.200. The lowest BCUT2D eigenvalue weighted by molar-refractivity contribution is -0.145. The van der Waals surface area contributed by atoms with Gasteiger partial charge in [-0.25, -0.2) is 0 Å². The molecule has 1 fully saturated rings. The molecule has 0 spiro atoms. The van der Waals surface area contributed by atoms with Crippen LogP contribution in [-0.2, 0) is 14.3 Å². The van der Waals surface area contributed by atoms with Crippen molar-refractivity contribution in [2.75, 3.05) is 5.32 Å². The topological polar surface area (TPSA) is 84.9 Å². The molecular weight excluding hydrogens is 370 g/mol.